The molecule has 0 aliphatic rings. The number of carbonyl (C=O) groups is 1. The summed E-state index contributed by atoms with van der Waals surface area (Å²) in [5, 5.41) is 3.50. The van der Waals surface area contributed by atoms with Crippen LogP contribution in [-0.2, 0) is 4.79 Å². The largest absolute Gasteiger partial charge is 0.357 e. The maximum Gasteiger partial charge on any atom is 0.159 e. The van der Waals surface area contributed by atoms with Gasteiger partial charge in [0.25, 0.3) is 0 Å². The van der Waals surface area contributed by atoms with Gasteiger partial charge in [-0.05, 0) is 12.2 Å². The van der Waals surface area contributed by atoms with Gasteiger partial charge in [-0.25, -0.2) is 0 Å². The standard InChI is InChI=1S/C8H7NO2/c10-7-3-1-2-4-8-5-6-9-11-8/h1-7H/b3-1+,4-2+. The van der Waals surface area contributed by atoms with Crippen LogP contribution in [0.4, 0.5) is 0 Å². The van der Waals surface area contributed by atoms with Crippen LogP contribution < -0.4 is 0 Å². The first-order chi connectivity index (χ1) is 5.43. The van der Waals surface area contributed by atoms with E-state index in [0.29, 0.717) is 12.0 Å². The molecule has 0 aliphatic carbocycles. The summed E-state index contributed by atoms with van der Waals surface area (Å²) in [6, 6.07) is 1.73. The number of carbonyl (C=O) groups excluding carboxylic acids is 1. The molecule has 56 valence electrons. The maximum atomic E-state index is 9.81. The summed E-state index contributed by atoms with van der Waals surface area (Å²) in [6.45, 7) is 0. The van der Waals surface area contributed by atoms with Crippen molar-refractivity contribution in [2.45, 2.75) is 0 Å². The first-order valence-electron chi connectivity index (χ1n) is 3.12. The fourth-order valence-electron chi connectivity index (χ4n) is 0.571. The molecule has 1 rings (SSSR count). The van der Waals surface area contributed by atoms with E-state index in [4.69, 9.17) is 4.52 Å². The zero-order valence-corrected chi connectivity index (χ0v) is 5.81. The molecule has 0 spiro atoms. The zero-order chi connectivity index (χ0) is 7.94. The van der Waals surface area contributed by atoms with E-state index in [2.05, 4.69) is 5.16 Å². The quantitative estimate of drug-likeness (QED) is 0.371. The number of hydrogen-bond acceptors (Lipinski definition) is 3. The Kier molecular flexibility index (Phi) is 2.86. The van der Waals surface area contributed by atoms with Crippen molar-refractivity contribution in [3.8, 4) is 0 Å². The van der Waals surface area contributed by atoms with Crippen LogP contribution in [0.3, 0.4) is 0 Å². The highest BCUT2D eigenvalue weighted by Gasteiger charge is 1.85. The highest BCUT2D eigenvalue weighted by molar-refractivity contribution is 5.65. The third-order valence-corrected chi connectivity index (χ3v) is 1.02. The smallest absolute Gasteiger partial charge is 0.159 e. The molecule has 3 nitrogen and oxygen atoms in total. The monoisotopic (exact) mass is 149 g/mol. The van der Waals surface area contributed by atoms with Crippen molar-refractivity contribution in [3.05, 3.63) is 36.3 Å². The van der Waals surface area contributed by atoms with Crippen molar-refractivity contribution in [1.82, 2.24) is 5.16 Å². The number of rotatable bonds is 3. The van der Waals surface area contributed by atoms with Gasteiger partial charge in [0, 0.05) is 6.07 Å². The predicted octanol–water partition coefficient (Wildman–Crippen LogP) is 1.44. The maximum absolute atomic E-state index is 9.81. The lowest BCUT2D eigenvalue weighted by molar-refractivity contribution is -0.104. The van der Waals surface area contributed by atoms with Gasteiger partial charge in [-0.2, -0.15) is 0 Å². The Hall–Kier alpha value is -1.64. The Morgan fingerprint density at radius 2 is 2.27 bits per heavy atom. The Balaban J connectivity index is 2.49. The molecule has 0 saturated carbocycles. The molecule has 0 radical (unpaired) electrons. The summed E-state index contributed by atoms with van der Waals surface area (Å²) in [7, 11) is 0. The molecule has 0 saturated heterocycles. The summed E-state index contributed by atoms with van der Waals surface area (Å²) in [6.07, 6.45) is 8.71. The van der Waals surface area contributed by atoms with Crippen LogP contribution in [0.1, 0.15) is 5.76 Å². The Morgan fingerprint density at radius 3 is 2.91 bits per heavy atom. The average molecular weight is 149 g/mol. The van der Waals surface area contributed by atoms with Gasteiger partial charge >= 0.3 is 0 Å². The van der Waals surface area contributed by atoms with E-state index in [9.17, 15) is 4.79 Å². The van der Waals surface area contributed by atoms with Gasteiger partial charge in [0.1, 0.15) is 6.29 Å². The predicted molar refractivity (Wildman–Crippen MR) is 40.7 cm³/mol. The van der Waals surface area contributed by atoms with Crippen LogP contribution in [0, 0.1) is 0 Å². The fraction of sp³-hybridized carbons (Fsp3) is 0. The molecular formula is C8H7NO2. The molecule has 0 bridgehead atoms. The number of nitrogens with zero attached hydrogens (tertiary/aromatic N) is 1. The first-order valence-corrected chi connectivity index (χ1v) is 3.12. The molecule has 0 N–H and O–H groups in total. The number of hydrogen-bond donors (Lipinski definition) is 0. The van der Waals surface area contributed by atoms with Crippen LogP contribution >= 0.6 is 0 Å². The molecule has 1 aromatic heterocycles. The molecule has 0 aliphatic heterocycles. The summed E-state index contributed by atoms with van der Waals surface area (Å²) in [5.41, 5.74) is 0. The van der Waals surface area contributed by atoms with Crippen molar-refractivity contribution in [1.29, 1.82) is 0 Å². The number of allylic oxidation sites excluding steroid dienone is 3. The second-order valence-corrected chi connectivity index (χ2v) is 1.79. The van der Waals surface area contributed by atoms with E-state index < -0.39 is 0 Å². The Bertz CT molecular complexity index is 260. The van der Waals surface area contributed by atoms with Gasteiger partial charge in [-0.15, -0.1) is 0 Å². The van der Waals surface area contributed by atoms with Crippen LogP contribution in [0.2, 0.25) is 0 Å². The average Bonchev–Trinajstić information content (AvgIpc) is 2.50. The van der Waals surface area contributed by atoms with Crippen molar-refractivity contribution >= 4 is 12.4 Å². The first kappa shape index (κ1) is 7.47. The minimum Gasteiger partial charge on any atom is -0.357 e. The number of aldehydes is 1. The molecule has 0 unspecified atom stereocenters. The third-order valence-electron chi connectivity index (χ3n) is 1.02. The van der Waals surface area contributed by atoms with E-state index in [0.717, 1.165) is 0 Å². The lowest BCUT2D eigenvalue weighted by Gasteiger charge is -1.75. The van der Waals surface area contributed by atoms with Crippen LogP contribution in [-0.4, -0.2) is 11.4 Å². The third kappa shape index (κ3) is 2.62. The highest BCUT2D eigenvalue weighted by Crippen LogP contribution is 1.98. The summed E-state index contributed by atoms with van der Waals surface area (Å²) < 4.78 is 4.75. The van der Waals surface area contributed by atoms with E-state index in [1.54, 1.807) is 30.5 Å². The van der Waals surface area contributed by atoms with Gasteiger partial charge in [0.2, 0.25) is 0 Å². The molecule has 0 atom stereocenters. The fourth-order valence-corrected chi connectivity index (χ4v) is 0.571. The molecule has 0 amide bonds. The normalized spacial score (nSPS) is 11.3. The molecule has 1 heterocycles. The van der Waals surface area contributed by atoms with Gasteiger partial charge in [-0.1, -0.05) is 17.3 Å². The second-order valence-electron chi connectivity index (χ2n) is 1.79. The van der Waals surface area contributed by atoms with Gasteiger partial charge in [0.05, 0.1) is 6.20 Å². The van der Waals surface area contributed by atoms with Gasteiger partial charge in [0.15, 0.2) is 5.76 Å². The second kappa shape index (κ2) is 4.22. The molecule has 0 fully saturated rings. The highest BCUT2D eigenvalue weighted by atomic mass is 16.5. The zero-order valence-electron chi connectivity index (χ0n) is 5.81. The van der Waals surface area contributed by atoms with Crippen LogP contribution in [0.5, 0.6) is 0 Å². The van der Waals surface area contributed by atoms with E-state index in [-0.39, 0.29) is 0 Å². The van der Waals surface area contributed by atoms with Gasteiger partial charge in [-0.3, -0.25) is 4.79 Å². The van der Waals surface area contributed by atoms with Crippen LogP contribution in [0.25, 0.3) is 6.08 Å². The Morgan fingerprint density at radius 1 is 1.36 bits per heavy atom. The molecule has 1 aromatic rings. The van der Waals surface area contributed by atoms with Crippen molar-refractivity contribution in [2.75, 3.05) is 0 Å². The molecule has 11 heavy (non-hydrogen) atoms. The van der Waals surface area contributed by atoms with E-state index in [1.165, 1.54) is 6.08 Å². The van der Waals surface area contributed by atoms with Gasteiger partial charge < -0.3 is 4.52 Å². The molecule has 0 aromatic carbocycles. The number of aromatic nitrogens is 1. The Labute approximate surface area is 64.0 Å². The van der Waals surface area contributed by atoms with Crippen molar-refractivity contribution < 1.29 is 9.32 Å². The molecule has 3 heteroatoms. The van der Waals surface area contributed by atoms with E-state index in [1.807, 2.05) is 0 Å². The lowest BCUT2D eigenvalue weighted by atomic mass is 10.4. The minimum absolute atomic E-state index is 0.667. The minimum atomic E-state index is 0.667. The van der Waals surface area contributed by atoms with E-state index >= 15 is 0 Å². The lowest BCUT2D eigenvalue weighted by Crippen LogP contribution is -1.59. The summed E-state index contributed by atoms with van der Waals surface area (Å²) >= 11 is 0. The summed E-state index contributed by atoms with van der Waals surface area (Å²) in [4.78, 5) is 9.81. The van der Waals surface area contributed by atoms with Crippen molar-refractivity contribution in [2.24, 2.45) is 0 Å². The summed E-state index contributed by atoms with van der Waals surface area (Å²) in [5.74, 6) is 0.667. The topological polar surface area (TPSA) is 43.1 Å². The molecular weight excluding hydrogens is 142 g/mol. The van der Waals surface area contributed by atoms with Crippen molar-refractivity contribution in [3.63, 3.8) is 0 Å². The SMILES string of the molecule is O=C/C=C/C=C/c1ccno1. The van der Waals surface area contributed by atoms with Crippen LogP contribution in [0.15, 0.2) is 35.0 Å².